The molecule has 2 aromatic rings. The first-order chi connectivity index (χ1) is 21.5. The molecule has 2 heterocycles. The molecular weight excluding hydrogens is 578 g/mol. The Balaban J connectivity index is 1.76. The van der Waals surface area contributed by atoms with Crippen LogP contribution in [-0.2, 0) is 25.6 Å². The van der Waals surface area contributed by atoms with E-state index in [1.165, 1.54) is 24.0 Å². The van der Waals surface area contributed by atoms with Crippen LogP contribution < -0.4 is 25.4 Å². The Morgan fingerprint density at radius 1 is 0.933 bits per heavy atom. The molecule has 0 radical (unpaired) electrons. The van der Waals surface area contributed by atoms with Gasteiger partial charge in [-0.25, -0.2) is 0 Å². The average Bonchev–Trinajstić information content (AvgIpc) is 3.52. The minimum absolute atomic E-state index is 0.0525. The number of benzene rings is 2. The fraction of sp³-hybridized carbons (Fsp3) is 0.485. The van der Waals surface area contributed by atoms with E-state index in [1.807, 2.05) is 44.2 Å². The van der Waals surface area contributed by atoms with Gasteiger partial charge >= 0.3 is 0 Å². The molecule has 2 aliphatic heterocycles. The number of hydrogen-bond donors (Lipinski definition) is 3. The molecule has 0 aromatic heterocycles. The van der Waals surface area contributed by atoms with Crippen LogP contribution >= 0.6 is 0 Å². The van der Waals surface area contributed by atoms with E-state index in [4.69, 9.17) is 9.47 Å². The molecule has 4 atom stereocenters. The van der Waals surface area contributed by atoms with Crippen molar-refractivity contribution >= 4 is 29.5 Å². The van der Waals surface area contributed by atoms with E-state index in [0.717, 1.165) is 5.56 Å². The highest BCUT2D eigenvalue weighted by atomic mass is 16.5. The summed E-state index contributed by atoms with van der Waals surface area (Å²) in [5.41, 5.74) is 1.08. The molecule has 2 fully saturated rings. The first-order valence-electron chi connectivity index (χ1n) is 15.3. The van der Waals surface area contributed by atoms with Gasteiger partial charge in [-0.15, -0.1) is 0 Å². The lowest BCUT2D eigenvalue weighted by atomic mass is 10.00. The maximum Gasteiger partial charge on any atom is 0.258 e. The summed E-state index contributed by atoms with van der Waals surface area (Å²) < 4.78 is 10.9. The maximum absolute atomic E-state index is 14.1. The van der Waals surface area contributed by atoms with E-state index in [0.29, 0.717) is 31.6 Å². The molecule has 12 nitrogen and oxygen atoms in total. The first kappa shape index (κ1) is 33.3. The molecule has 0 saturated carbocycles. The van der Waals surface area contributed by atoms with Crippen molar-refractivity contribution < 1.29 is 33.4 Å². The highest BCUT2D eigenvalue weighted by molar-refractivity contribution is 6.00. The fourth-order valence-corrected chi connectivity index (χ4v) is 5.92. The number of methoxy groups -OCH3 is 2. The van der Waals surface area contributed by atoms with E-state index in [2.05, 4.69) is 16.0 Å². The van der Waals surface area contributed by atoms with Gasteiger partial charge in [-0.2, -0.15) is 0 Å². The van der Waals surface area contributed by atoms with Crippen LogP contribution in [0, 0.1) is 5.92 Å². The Bertz CT molecular complexity index is 1400. The number of nitrogens with one attached hydrogen (secondary N) is 3. The van der Waals surface area contributed by atoms with Gasteiger partial charge in [-0.1, -0.05) is 50.2 Å². The van der Waals surface area contributed by atoms with Gasteiger partial charge in [0.05, 0.1) is 32.4 Å². The minimum Gasteiger partial charge on any atom is -0.493 e. The predicted molar refractivity (Wildman–Crippen MR) is 167 cm³/mol. The van der Waals surface area contributed by atoms with Crippen LogP contribution in [0.2, 0.25) is 0 Å². The molecule has 3 N–H and O–H groups in total. The van der Waals surface area contributed by atoms with Crippen molar-refractivity contribution in [1.29, 1.82) is 0 Å². The normalized spacial score (nSPS) is 23.3. The fourth-order valence-electron chi connectivity index (χ4n) is 5.92. The van der Waals surface area contributed by atoms with Crippen molar-refractivity contribution in [2.45, 2.75) is 64.2 Å². The average molecular weight is 622 g/mol. The predicted octanol–water partition coefficient (Wildman–Crippen LogP) is 1.52. The number of rotatable bonds is 6. The maximum atomic E-state index is 14.1. The molecular formula is C33H43N5O7. The second kappa shape index (κ2) is 14.9. The van der Waals surface area contributed by atoms with Gasteiger partial charge in [-0.3, -0.25) is 24.0 Å². The molecule has 242 valence electrons. The topological polar surface area (TPSA) is 146 Å². The Morgan fingerprint density at radius 2 is 1.67 bits per heavy atom. The van der Waals surface area contributed by atoms with Crippen molar-refractivity contribution in [3.63, 3.8) is 0 Å². The van der Waals surface area contributed by atoms with Gasteiger partial charge < -0.3 is 35.2 Å². The van der Waals surface area contributed by atoms with E-state index in [1.54, 1.807) is 25.1 Å². The third kappa shape index (κ3) is 7.92. The van der Waals surface area contributed by atoms with Crippen molar-refractivity contribution in [3.05, 3.63) is 59.7 Å². The summed E-state index contributed by atoms with van der Waals surface area (Å²) in [4.78, 5) is 71.0. The highest BCUT2D eigenvalue weighted by Gasteiger charge is 2.39. The van der Waals surface area contributed by atoms with E-state index < -0.39 is 60.2 Å². The van der Waals surface area contributed by atoms with E-state index in [-0.39, 0.29) is 23.8 Å². The van der Waals surface area contributed by atoms with Crippen LogP contribution in [0.3, 0.4) is 0 Å². The summed E-state index contributed by atoms with van der Waals surface area (Å²) in [5.74, 6) is -2.05. The minimum atomic E-state index is -0.944. The zero-order chi connectivity index (χ0) is 32.7. The van der Waals surface area contributed by atoms with Gasteiger partial charge in [0, 0.05) is 13.1 Å². The van der Waals surface area contributed by atoms with E-state index in [9.17, 15) is 24.0 Å². The quantitative estimate of drug-likeness (QED) is 0.443. The molecule has 4 rings (SSSR count). The van der Waals surface area contributed by atoms with E-state index >= 15 is 0 Å². The number of fused-ring (bicyclic) bond motifs is 1. The van der Waals surface area contributed by atoms with Gasteiger partial charge in [0.1, 0.15) is 18.1 Å². The van der Waals surface area contributed by atoms with Gasteiger partial charge in [0.15, 0.2) is 11.5 Å². The second-order valence-electron chi connectivity index (χ2n) is 11.8. The summed E-state index contributed by atoms with van der Waals surface area (Å²) in [6.45, 7) is 5.13. The van der Waals surface area contributed by atoms with Gasteiger partial charge in [0.25, 0.3) is 5.91 Å². The summed E-state index contributed by atoms with van der Waals surface area (Å²) in [7, 11) is 2.88. The number of carbonyl (C=O) groups is 5. The number of nitrogens with zero attached hydrogens (tertiary/aromatic N) is 2. The van der Waals surface area contributed by atoms with Crippen LogP contribution in [0.15, 0.2) is 48.5 Å². The largest absolute Gasteiger partial charge is 0.493 e. The summed E-state index contributed by atoms with van der Waals surface area (Å²) in [6, 6.07) is 11.1. The van der Waals surface area contributed by atoms with Crippen LogP contribution in [0.25, 0.3) is 0 Å². The molecule has 2 aliphatic rings. The molecule has 0 bridgehead atoms. The molecule has 2 aromatic carbocycles. The van der Waals surface area contributed by atoms with Gasteiger partial charge in [-0.05, 0) is 49.8 Å². The number of amides is 5. The Hall–Kier alpha value is -4.61. The number of carbonyl (C=O) groups excluding carboxylic acids is 5. The summed E-state index contributed by atoms with van der Waals surface area (Å²) >= 11 is 0. The molecule has 0 unspecified atom stereocenters. The molecule has 12 heteroatoms. The third-order valence-corrected chi connectivity index (χ3v) is 8.20. The molecule has 2 saturated heterocycles. The summed E-state index contributed by atoms with van der Waals surface area (Å²) in [5, 5.41) is 8.65. The van der Waals surface area contributed by atoms with Crippen LogP contribution in [0.4, 0.5) is 0 Å². The zero-order valence-electron chi connectivity index (χ0n) is 26.5. The second-order valence-corrected chi connectivity index (χ2v) is 11.8. The molecule has 45 heavy (non-hydrogen) atoms. The van der Waals surface area contributed by atoms with Crippen LogP contribution in [0.5, 0.6) is 11.5 Å². The lowest BCUT2D eigenvalue weighted by Gasteiger charge is -2.31. The number of para-hydroxylation sites is 1. The standard InChI is InChI=1S/C33H43N5O7/c1-20(2)28-31(41)35-23(17-22-11-7-6-8-12-22)18-37(33(43)24-13-9-15-26(44-4)29(24)45-5)19-27(39)34-21(3)32(42)38-16-10-14-25(38)30(40)36-28/h6-9,11-13,15,20-21,23,25,28H,10,14,16-19H2,1-5H3,(H,34,39)(H,35,41)(H,36,40)/t21-,23-,25+,28-/m0/s1. The third-order valence-electron chi connectivity index (χ3n) is 8.20. The zero-order valence-corrected chi connectivity index (χ0v) is 26.5. The Labute approximate surface area is 263 Å². The lowest BCUT2D eigenvalue weighted by molar-refractivity contribution is -0.142. The number of ether oxygens (including phenoxy) is 2. The van der Waals surface area contributed by atoms with Crippen LogP contribution in [-0.4, -0.2) is 97.4 Å². The lowest BCUT2D eigenvalue weighted by Crippen LogP contribution is -2.58. The molecule has 0 spiro atoms. The number of hydrogen-bond acceptors (Lipinski definition) is 7. The molecule has 5 amide bonds. The monoisotopic (exact) mass is 621 g/mol. The Morgan fingerprint density at radius 3 is 2.33 bits per heavy atom. The Kier molecular flexibility index (Phi) is 11.0. The van der Waals surface area contributed by atoms with Gasteiger partial charge in [0.2, 0.25) is 23.6 Å². The highest BCUT2D eigenvalue weighted by Crippen LogP contribution is 2.31. The smallest absolute Gasteiger partial charge is 0.258 e. The van der Waals surface area contributed by atoms with Crippen molar-refractivity contribution in [3.8, 4) is 11.5 Å². The SMILES string of the molecule is COc1cccc(C(=O)N2CC(=O)N[C@@H](C)C(=O)N3CCC[C@@H]3C(=O)N[C@@H](C(C)C)C(=O)N[C@@H](Cc3ccccc3)C2)c1OC. The summed E-state index contributed by atoms with van der Waals surface area (Å²) in [6.07, 6.45) is 1.41. The first-order valence-corrected chi connectivity index (χ1v) is 15.3. The van der Waals surface area contributed by atoms with Crippen LogP contribution in [0.1, 0.15) is 49.5 Å². The molecule has 0 aliphatic carbocycles. The van der Waals surface area contributed by atoms with Crippen molar-refractivity contribution in [2.75, 3.05) is 33.9 Å². The van der Waals surface area contributed by atoms with Crippen molar-refractivity contribution in [1.82, 2.24) is 25.8 Å². The van der Waals surface area contributed by atoms with Crippen molar-refractivity contribution in [2.24, 2.45) is 5.92 Å².